The van der Waals surface area contributed by atoms with Gasteiger partial charge in [-0.15, -0.1) is 0 Å². The Morgan fingerprint density at radius 1 is 1.25 bits per heavy atom. The monoisotopic (exact) mass is 206 g/mol. The minimum atomic E-state index is -3.97. The van der Waals surface area contributed by atoms with E-state index in [-0.39, 0.29) is 56.5 Å². The summed E-state index contributed by atoms with van der Waals surface area (Å²) in [5.41, 5.74) is 0. The molecule has 0 aliphatic carbocycles. The second kappa shape index (κ2) is 8.96. The molecule has 0 unspecified atom stereocenters. The Morgan fingerprint density at radius 3 is 1.25 bits per heavy atom. The van der Waals surface area contributed by atoms with Crippen molar-refractivity contribution in [3.8, 4) is 0 Å². The van der Waals surface area contributed by atoms with E-state index in [1.807, 2.05) is 0 Å². The molecule has 0 saturated carbocycles. The molecule has 8 heavy (non-hydrogen) atoms. The van der Waals surface area contributed by atoms with Gasteiger partial charge in [0.25, 0.3) is 0 Å². The van der Waals surface area contributed by atoms with Gasteiger partial charge in [-0.3, -0.25) is 4.55 Å². The molecule has 0 radical (unpaired) electrons. The van der Waals surface area contributed by atoms with Gasteiger partial charge >= 0.3 is 38.7 Å². The van der Waals surface area contributed by atoms with E-state index in [0.29, 0.717) is 0 Å². The van der Waals surface area contributed by atoms with Crippen molar-refractivity contribution in [3.05, 3.63) is 0 Å². The van der Waals surface area contributed by atoms with Crippen LogP contribution in [-0.4, -0.2) is 42.5 Å². The third kappa shape index (κ3) is 100. The molecule has 50 valence electrons. The van der Waals surface area contributed by atoms with Crippen molar-refractivity contribution in [2.75, 3.05) is 0 Å². The van der Waals surface area contributed by atoms with Crippen molar-refractivity contribution in [3.63, 3.8) is 0 Å². The van der Waals surface area contributed by atoms with Crippen LogP contribution in [0.2, 0.25) is 0 Å². The van der Waals surface area contributed by atoms with Crippen LogP contribution in [0.15, 0.2) is 0 Å². The molecule has 1 N–H and O–H groups in total. The molecule has 0 fully saturated rings. The molecular formula is H7NaO3S4. The molecule has 0 atom stereocenters. The average molecular weight is 206 g/mol. The van der Waals surface area contributed by atoms with E-state index in [2.05, 4.69) is 11.7 Å². The summed E-state index contributed by atoms with van der Waals surface area (Å²) in [6, 6.07) is 0. The van der Waals surface area contributed by atoms with Crippen molar-refractivity contribution in [1.82, 2.24) is 0 Å². The first kappa shape index (κ1) is 22.5. The fourth-order valence-corrected chi connectivity index (χ4v) is 0. The van der Waals surface area contributed by atoms with Crippen LogP contribution in [0.3, 0.4) is 0 Å². The van der Waals surface area contributed by atoms with Crippen LogP contribution >= 0.6 is 38.7 Å². The van der Waals surface area contributed by atoms with Gasteiger partial charge in [0.15, 0.2) is 0 Å². The summed E-state index contributed by atoms with van der Waals surface area (Å²) in [6.07, 6.45) is 0. The first-order valence-electron chi connectivity index (χ1n) is 0.698. The normalized spacial score (nSPS) is 7.25. The molecule has 3 nitrogen and oxygen atoms in total. The number of rotatable bonds is 0. The van der Waals surface area contributed by atoms with Gasteiger partial charge in [-0.2, -0.15) is 35.4 Å². The zero-order valence-electron chi connectivity index (χ0n) is 3.12. The molecule has 0 amide bonds. The summed E-state index contributed by atoms with van der Waals surface area (Å²) < 4.78 is 25.5. The van der Waals surface area contributed by atoms with Crippen LogP contribution < -0.4 is 0 Å². The predicted octanol–water partition coefficient (Wildman–Crippen LogP) is -0.704. The second-order valence-corrected chi connectivity index (χ2v) is 2.73. The van der Waals surface area contributed by atoms with Gasteiger partial charge in [-0.25, -0.2) is 0 Å². The maximum atomic E-state index is 9.05. The average Bonchev–Trinajstić information content (AvgIpc) is 0.722. The fraction of sp³-hybridized carbons (Fsp3) is 0. The van der Waals surface area contributed by atoms with Crippen LogP contribution in [0.4, 0.5) is 0 Å². The number of hydrogen-bond donors (Lipinski definition) is 2. The van der Waals surface area contributed by atoms with E-state index < -0.39 is 9.15 Å². The van der Waals surface area contributed by atoms with E-state index >= 15 is 0 Å². The van der Waals surface area contributed by atoms with E-state index in [1.54, 1.807) is 0 Å². The Balaban J connectivity index is -0.0000000267. The first-order chi connectivity index (χ1) is 2.00. The molecule has 0 rings (SSSR count). The summed E-state index contributed by atoms with van der Waals surface area (Å²) in [7, 11) is -3.97. The van der Waals surface area contributed by atoms with Gasteiger partial charge < -0.3 is 0 Å². The quantitative estimate of drug-likeness (QED) is 0.238. The van der Waals surface area contributed by atoms with Crippen molar-refractivity contribution >= 4 is 77.4 Å². The summed E-state index contributed by atoms with van der Waals surface area (Å²) in [5.74, 6) is 0. The minimum absolute atomic E-state index is 0. The van der Waals surface area contributed by atoms with Gasteiger partial charge in [-0.1, -0.05) is 0 Å². The Bertz CT molecular complexity index is 94.5. The molecule has 0 aliphatic heterocycles. The van der Waals surface area contributed by atoms with Gasteiger partial charge in [-0.05, 0) is 11.7 Å². The van der Waals surface area contributed by atoms with Crippen molar-refractivity contribution < 1.29 is 13.0 Å². The third-order valence-electron chi connectivity index (χ3n) is 0. The fourth-order valence-electron chi connectivity index (χ4n) is 0. The second-order valence-electron chi connectivity index (χ2n) is 0.448. The van der Waals surface area contributed by atoms with Gasteiger partial charge in [0.1, 0.15) is 0 Å². The van der Waals surface area contributed by atoms with Crippen LogP contribution in [0, 0.1) is 0 Å². The van der Waals surface area contributed by atoms with E-state index in [9.17, 15) is 0 Å². The molecule has 0 spiro atoms. The van der Waals surface area contributed by atoms with E-state index in [4.69, 9.17) is 13.0 Å². The SMILES string of the molecule is O=S(=O)(O)S.S.S.[NaH]. The molecule has 0 saturated heterocycles. The van der Waals surface area contributed by atoms with Crippen molar-refractivity contribution in [2.45, 2.75) is 0 Å². The van der Waals surface area contributed by atoms with Crippen LogP contribution in [-0.2, 0) is 9.15 Å². The summed E-state index contributed by atoms with van der Waals surface area (Å²) in [5, 5.41) is 0. The summed E-state index contributed by atoms with van der Waals surface area (Å²) in [6.45, 7) is 0. The topological polar surface area (TPSA) is 54.4 Å². The van der Waals surface area contributed by atoms with Gasteiger partial charge in [0.05, 0.1) is 0 Å². The molecule has 8 heteroatoms. The van der Waals surface area contributed by atoms with Crippen LogP contribution in [0.1, 0.15) is 0 Å². The molecule has 0 aromatic rings. The van der Waals surface area contributed by atoms with E-state index in [0.717, 1.165) is 0 Å². The standard InChI is InChI=1S/Na.H2O3S2.2H2S.H/c;1-5(2,3)4;;;/h;(H2,1,2,3,4);2*1H2;. The molecule has 0 heterocycles. The van der Waals surface area contributed by atoms with Crippen LogP contribution in [0.5, 0.6) is 0 Å². The van der Waals surface area contributed by atoms with Gasteiger partial charge in [0, 0.05) is 0 Å². The summed E-state index contributed by atoms with van der Waals surface area (Å²) in [4.78, 5) is 0. The molecule has 0 aromatic carbocycles. The van der Waals surface area contributed by atoms with Crippen molar-refractivity contribution in [1.29, 1.82) is 0 Å². The first-order valence-corrected chi connectivity index (χ1v) is 3.19. The predicted molar refractivity (Wildman–Crippen MR) is 48.4 cm³/mol. The Hall–Kier alpha value is 1.96. The van der Waals surface area contributed by atoms with Gasteiger partial charge in [0.2, 0.25) is 0 Å². The zero-order chi connectivity index (χ0) is 4.50. The Kier molecular flexibility index (Phi) is 25.2. The molecule has 0 aromatic heterocycles. The molecule has 0 bridgehead atoms. The number of hydrogen-bond acceptors (Lipinski definition) is 2. The number of thiol groups is 1. The van der Waals surface area contributed by atoms with E-state index in [1.165, 1.54) is 0 Å². The maximum absolute atomic E-state index is 9.05. The Labute approximate surface area is 89.4 Å². The summed E-state index contributed by atoms with van der Waals surface area (Å²) >= 11 is 2.65. The Morgan fingerprint density at radius 2 is 1.25 bits per heavy atom. The third-order valence-corrected chi connectivity index (χ3v) is 0. The van der Waals surface area contributed by atoms with Crippen molar-refractivity contribution in [2.24, 2.45) is 0 Å². The zero-order valence-corrected chi connectivity index (χ0v) is 6.83. The molecule has 0 aliphatic rings. The van der Waals surface area contributed by atoms with Crippen LogP contribution in [0.25, 0.3) is 0 Å². The molecular weight excluding hydrogens is 199 g/mol.